The van der Waals surface area contributed by atoms with Gasteiger partial charge in [0.25, 0.3) is 0 Å². The summed E-state index contributed by atoms with van der Waals surface area (Å²) in [7, 11) is 0. The molecule has 3 aliphatic rings. The van der Waals surface area contributed by atoms with Crippen molar-refractivity contribution in [1.82, 2.24) is 9.80 Å². The molecule has 2 aromatic rings. The maximum atomic E-state index is 13.1. The average molecular weight is 461 g/mol. The van der Waals surface area contributed by atoms with Crippen LogP contribution in [0, 0.1) is 5.92 Å². The smallest absolute Gasteiger partial charge is 0.226 e. The van der Waals surface area contributed by atoms with Crippen molar-refractivity contribution in [1.29, 1.82) is 0 Å². The van der Waals surface area contributed by atoms with Gasteiger partial charge in [-0.25, -0.2) is 0 Å². The van der Waals surface area contributed by atoms with Crippen LogP contribution in [0.4, 0.5) is 0 Å². The van der Waals surface area contributed by atoms with E-state index in [-0.39, 0.29) is 11.8 Å². The van der Waals surface area contributed by atoms with Gasteiger partial charge in [-0.05, 0) is 55.4 Å². The maximum Gasteiger partial charge on any atom is 0.226 e. The van der Waals surface area contributed by atoms with E-state index in [0.717, 1.165) is 63.1 Å². The molecule has 0 aromatic heterocycles. The summed E-state index contributed by atoms with van der Waals surface area (Å²) in [4.78, 5) is 17.6. The lowest BCUT2D eigenvalue weighted by Gasteiger charge is -2.32. The van der Waals surface area contributed by atoms with Crippen LogP contribution in [0.5, 0.6) is 5.75 Å². The Balaban J connectivity index is 1.14. The van der Waals surface area contributed by atoms with Gasteiger partial charge in [0, 0.05) is 37.7 Å². The summed E-state index contributed by atoms with van der Waals surface area (Å²) in [5.74, 6) is 1.33. The molecule has 2 heterocycles. The van der Waals surface area contributed by atoms with Crippen LogP contribution in [0.3, 0.4) is 0 Å². The number of fused-ring (bicyclic) bond motifs is 1. The third kappa shape index (κ3) is 5.89. The quantitative estimate of drug-likeness (QED) is 0.573. The molecule has 34 heavy (non-hydrogen) atoms. The summed E-state index contributed by atoms with van der Waals surface area (Å²) < 4.78 is 12.2. The summed E-state index contributed by atoms with van der Waals surface area (Å²) in [5.41, 5.74) is 3.67. The number of amides is 1. The first kappa shape index (κ1) is 23.1. The van der Waals surface area contributed by atoms with Gasteiger partial charge >= 0.3 is 0 Å². The zero-order valence-corrected chi connectivity index (χ0v) is 20.0. The predicted molar refractivity (Wildman–Crippen MR) is 133 cm³/mol. The fourth-order valence-corrected chi connectivity index (χ4v) is 5.29. The van der Waals surface area contributed by atoms with Gasteiger partial charge in [0.1, 0.15) is 12.4 Å². The number of carbonyl (C=O) groups excluding carboxylic acids is 1. The van der Waals surface area contributed by atoms with Crippen molar-refractivity contribution in [2.45, 2.75) is 57.9 Å². The number of rotatable bonds is 6. The van der Waals surface area contributed by atoms with Gasteiger partial charge < -0.3 is 14.4 Å². The maximum absolute atomic E-state index is 13.1. The minimum Gasteiger partial charge on any atom is -0.491 e. The summed E-state index contributed by atoms with van der Waals surface area (Å²) in [6, 6.07) is 16.9. The molecule has 1 aliphatic carbocycles. The van der Waals surface area contributed by atoms with E-state index >= 15 is 0 Å². The molecule has 2 aromatic carbocycles. The van der Waals surface area contributed by atoms with Crippen LogP contribution in [-0.2, 0) is 29.2 Å². The van der Waals surface area contributed by atoms with Crippen molar-refractivity contribution >= 4 is 5.91 Å². The Hall–Kier alpha value is -2.63. The highest BCUT2D eigenvalue weighted by atomic mass is 16.5. The molecule has 1 amide bonds. The molecule has 0 radical (unpaired) electrons. The van der Waals surface area contributed by atoms with Crippen molar-refractivity contribution in [2.75, 3.05) is 26.2 Å². The monoisotopic (exact) mass is 460 g/mol. The summed E-state index contributed by atoms with van der Waals surface area (Å²) in [6.07, 6.45) is 9.66. The van der Waals surface area contributed by atoms with Crippen LogP contribution < -0.4 is 4.74 Å². The lowest BCUT2D eigenvalue weighted by atomic mass is 9.93. The number of allylic oxidation sites excluding steroid dienone is 2. The van der Waals surface area contributed by atoms with E-state index in [1.807, 2.05) is 11.0 Å². The molecule has 0 unspecified atom stereocenters. The molecule has 1 atom stereocenters. The van der Waals surface area contributed by atoms with Gasteiger partial charge in [0.05, 0.1) is 19.3 Å². The third-order valence-corrected chi connectivity index (χ3v) is 7.30. The Kier molecular flexibility index (Phi) is 7.62. The molecule has 5 rings (SSSR count). The summed E-state index contributed by atoms with van der Waals surface area (Å²) >= 11 is 0. The molecule has 0 bridgehead atoms. The number of likely N-dealkylation sites (tertiary alicyclic amines) is 1. The Morgan fingerprint density at radius 1 is 0.971 bits per heavy atom. The normalized spacial score (nSPS) is 21.5. The van der Waals surface area contributed by atoms with E-state index < -0.39 is 0 Å². The van der Waals surface area contributed by atoms with Gasteiger partial charge in [-0.2, -0.15) is 0 Å². The molecule has 0 spiro atoms. The van der Waals surface area contributed by atoms with E-state index in [1.165, 1.54) is 11.1 Å². The van der Waals surface area contributed by atoms with Crippen molar-refractivity contribution < 1.29 is 14.3 Å². The van der Waals surface area contributed by atoms with Crippen LogP contribution >= 0.6 is 0 Å². The molecule has 180 valence electrons. The molecular weight excluding hydrogens is 424 g/mol. The van der Waals surface area contributed by atoms with E-state index in [9.17, 15) is 4.79 Å². The van der Waals surface area contributed by atoms with Gasteiger partial charge in [0.15, 0.2) is 0 Å². The van der Waals surface area contributed by atoms with Gasteiger partial charge in [-0.15, -0.1) is 0 Å². The molecule has 5 heteroatoms. The topological polar surface area (TPSA) is 42.0 Å². The Morgan fingerprint density at radius 3 is 2.62 bits per heavy atom. The van der Waals surface area contributed by atoms with E-state index in [1.54, 1.807) is 0 Å². The van der Waals surface area contributed by atoms with Crippen molar-refractivity contribution in [3.05, 3.63) is 77.4 Å². The van der Waals surface area contributed by atoms with Crippen LogP contribution in [0.2, 0.25) is 0 Å². The second-order valence-electron chi connectivity index (χ2n) is 9.80. The van der Waals surface area contributed by atoms with Crippen LogP contribution in [-0.4, -0.2) is 48.1 Å². The summed E-state index contributed by atoms with van der Waals surface area (Å²) in [5, 5.41) is 0. The number of piperidine rings is 1. The van der Waals surface area contributed by atoms with E-state index in [2.05, 4.69) is 59.5 Å². The molecule has 0 saturated carbocycles. The third-order valence-electron chi connectivity index (χ3n) is 7.30. The van der Waals surface area contributed by atoms with Crippen molar-refractivity contribution in [3.8, 4) is 5.75 Å². The van der Waals surface area contributed by atoms with Crippen LogP contribution in [0.15, 0.2) is 60.7 Å². The van der Waals surface area contributed by atoms with Crippen LogP contribution in [0.25, 0.3) is 0 Å². The van der Waals surface area contributed by atoms with Crippen molar-refractivity contribution in [3.63, 3.8) is 0 Å². The number of carbonyl (C=O) groups is 1. The fourth-order valence-electron chi connectivity index (χ4n) is 5.29. The SMILES string of the molecule is O=C([C@H]1CC=CCC1)N1CCOc2ccc(CN3CCC(OCc4ccccc4)CC3)cc2C1. The second-order valence-corrected chi connectivity index (χ2v) is 9.80. The number of ether oxygens (including phenoxy) is 2. The lowest BCUT2D eigenvalue weighted by Crippen LogP contribution is -2.37. The first-order valence-corrected chi connectivity index (χ1v) is 12.8. The minimum atomic E-state index is 0.125. The number of hydrogen-bond acceptors (Lipinski definition) is 4. The highest BCUT2D eigenvalue weighted by Gasteiger charge is 2.27. The van der Waals surface area contributed by atoms with Gasteiger partial charge in [0.2, 0.25) is 5.91 Å². The Morgan fingerprint density at radius 2 is 1.82 bits per heavy atom. The standard InChI is InChI=1S/C29H36N2O3/c32-29(25-9-5-2-6-10-25)31-17-18-33-28-12-11-24(19-26(28)21-31)20-30-15-13-27(14-16-30)34-22-23-7-3-1-4-8-23/h1-5,7-8,11-12,19,25,27H,6,9-10,13-18,20-22H2/t25-/m0/s1. The number of hydrogen-bond donors (Lipinski definition) is 0. The zero-order chi connectivity index (χ0) is 23.2. The van der Waals surface area contributed by atoms with Gasteiger partial charge in [-0.3, -0.25) is 9.69 Å². The Labute approximate surface area is 203 Å². The molecule has 0 N–H and O–H groups in total. The fraction of sp³-hybridized carbons (Fsp3) is 0.483. The Bertz CT molecular complexity index is 982. The van der Waals surface area contributed by atoms with Gasteiger partial charge in [-0.1, -0.05) is 48.6 Å². The molecule has 1 fully saturated rings. The minimum absolute atomic E-state index is 0.125. The lowest BCUT2D eigenvalue weighted by molar-refractivity contribution is -0.136. The first-order chi connectivity index (χ1) is 16.7. The van der Waals surface area contributed by atoms with E-state index in [0.29, 0.717) is 32.4 Å². The number of nitrogens with zero attached hydrogens (tertiary/aromatic N) is 2. The molecule has 5 nitrogen and oxygen atoms in total. The predicted octanol–water partition coefficient (Wildman–Crippen LogP) is 4.95. The average Bonchev–Trinajstić information content (AvgIpc) is 3.11. The second kappa shape index (κ2) is 11.2. The largest absolute Gasteiger partial charge is 0.491 e. The highest BCUT2D eigenvalue weighted by Crippen LogP contribution is 2.28. The van der Waals surface area contributed by atoms with Crippen molar-refractivity contribution in [2.24, 2.45) is 5.92 Å². The van der Waals surface area contributed by atoms with Crippen LogP contribution in [0.1, 0.15) is 48.8 Å². The summed E-state index contributed by atoms with van der Waals surface area (Å²) in [6.45, 7) is 5.61. The molecule has 1 saturated heterocycles. The number of benzene rings is 2. The van der Waals surface area contributed by atoms with E-state index in [4.69, 9.17) is 9.47 Å². The highest BCUT2D eigenvalue weighted by molar-refractivity contribution is 5.79. The zero-order valence-electron chi connectivity index (χ0n) is 20.0. The molecule has 2 aliphatic heterocycles. The molecular formula is C29H36N2O3. The first-order valence-electron chi connectivity index (χ1n) is 12.8.